The van der Waals surface area contributed by atoms with Crippen molar-refractivity contribution in [2.45, 2.75) is 6.42 Å². The van der Waals surface area contributed by atoms with Gasteiger partial charge in [-0.05, 0) is 18.1 Å². The van der Waals surface area contributed by atoms with E-state index in [4.69, 9.17) is 16.3 Å². The summed E-state index contributed by atoms with van der Waals surface area (Å²) in [6.45, 7) is 0.562. The molecule has 0 bridgehead atoms. The number of carbonyl (C=O) groups is 2. The number of dihydropyridines is 1. The van der Waals surface area contributed by atoms with Crippen LogP contribution in [0.4, 0.5) is 0 Å². The Labute approximate surface area is 150 Å². The van der Waals surface area contributed by atoms with Crippen LogP contribution in [0.15, 0.2) is 69.9 Å². The van der Waals surface area contributed by atoms with Gasteiger partial charge in [-0.2, -0.15) is 0 Å². The highest BCUT2D eigenvalue weighted by Crippen LogP contribution is 2.30. The maximum atomic E-state index is 12.3. The second-order valence-corrected chi connectivity index (χ2v) is 6.03. The SMILES string of the molecule is COC(=O)C1=C(NCCc2ccccc2)C2C=CC=C(Cl)C2=NC1=O. The summed E-state index contributed by atoms with van der Waals surface area (Å²) in [7, 11) is 1.24. The van der Waals surface area contributed by atoms with Gasteiger partial charge in [-0.1, -0.05) is 54.1 Å². The molecule has 0 fully saturated rings. The molecule has 1 aromatic carbocycles. The number of ether oxygens (including phenoxy) is 1. The Kier molecular flexibility index (Phi) is 5.14. The predicted molar refractivity (Wildman–Crippen MR) is 96.2 cm³/mol. The topological polar surface area (TPSA) is 67.8 Å². The molecule has 1 N–H and O–H groups in total. The average molecular weight is 357 g/mol. The molecular weight excluding hydrogens is 340 g/mol. The normalized spacial score (nSPS) is 19.1. The number of aliphatic imine (C=N–C) groups is 1. The molecule has 1 aromatic rings. The van der Waals surface area contributed by atoms with Crippen molar-refractivity contribution in [2.75, 3.05) is 13.7 Å². The van der Waals surface area contributed by atoms with Gasteiger partial charge in [-0.15, -0.1) is 0 Å². The number of methoxy groups -OCH3 is 1. The average Bonchev–Trinajstić information content (AvgIpc) is 2.63. The Morgan fingerprint density at radius 1 is 1.32 bits per heavy atom. The summed E-state index contributed by atoms with van der Waals surface area (Å²) in [6, 6.07) is 9.95. The van der Waals surface area contributed by atoms with Crippen molar-refractivity contribution in [3.63, 3.8) is 0 Å². The molecule has 1 amide bonds. The van der Waals surface area contributed by atoms with Gasteiger partial charge >= 0.3 is 5.97 Å². The summed E-state index contributed by atoms with van der Waals surface area (Å²) < 4.78 is 4.76. The highest BCUT2D eigenvalue weighted by Gasteiger charge is 2.36. The maximum Gasteiger partial charge on any atom is 0.345 e. The van der Waals surface area contributed by atoms with Gasteiger partial charge in [0.2, 0.25) is 0 Å². The van der Waals surface area contributed by atoms with E-state index in [-0.39, 0.29) is 11.5 Å². The zero-order chi connectivity index (χ0) is 17.8. The molecule has 0 saturated heterocycles. The number of allylic oxidation sites excluding steroid dienone is 4. The van der Waals surface area contributed by atoms with Crippen LogP contribution in [0, 0.1) is 5.92 Å². The number of benzene rings is 1. The van der Waals surface area contributed by atoms with Crippen molar-refractivity contribution in [3.8, 4) is 0 Å². The lowest BCUT2D eigenvalue weighted by atomic mass is 9.88. The van der Waals surface area contributed by atoms with Crippen LogP contribution in [0.2, 0.25) is 0 Å². The zero-order valence-electron chi connectivity index (χ0n) is 13.7. The minimum Gasteiger partial charge on any atom is -0.465 e. The van der Waals surface area contributed by atoms with E-state index in [1.165, 1.54) is 7.11 Å². The quantitative estimate of drug-likeness (QED) is 0.650. The van der Waals surface area contributed by atoms with Crippen molar-refractivity contribution in [2.24, 2.45) is 10.9 Å². The molecule has 128 valence electrons. The fraction of sp³-hybridized carbons (Fsp3) is 0.211. The van der Waals surface area contributed by atoms with Crippen LogP contribution in [0.3, 0.4) is 0 Å². The Hall–Kier alpha value is -2.66. The van der Waals surface area contributed by atoms with E-state index < -0.39 is 11.9 Å². The van der Waals surface area contributed by atoms with Crippen LogP contribution in [0.5, 0.6) is 0 Å². The summed E-state index contributed by atoms with van der Waals surface area (Å²) >= 11 is 6.17. The first-order valence-corrected chi connectivity index (χ1v) is 8.27. The minimum absolute atomic E-state index is 0.0691. The molecular formula is C19H17ClN2O3. The number of esters is 1. The van der Waals surface area contributed by atoms with Gasteiger partial charge in [0.1, 0.15) is 5.57 Å². The molecule has 1 unspecified atom stereocenters. The third-order valence-corrected chi connectivity index (χ3v) is 4.38. The van der Waals surface area contributed by atoms with Gasteiger partial charge in [0.15, 0.2) is 0 Å². The predicted octanol–water partition coefficient (Wildman–Crippen LogP) is 2.54. The van der Waals surface area contributed by atoms with Crippen LogP contribution in [0.25, 0.3) is 0 Å². The summed E-state index contributed by atoms with van der Waals surface area (Å²) in [6.07, 6.45) is 6.06. The van der Waals surface area contributed by atoms with Crippen molar-refractivity contribution in [1.82, 2.24) is 5.32 Å². The van der Waals surface area contributed by atoms with Crippen molar-refractivity contribution in [1.29, 1.82) is 0 Å². The molecule has 0 saturated carbocycles. The van der Waals surface area contributed by atoms with E-state index in [1.807, 2.05) is 36.4 Å². The Balaban J connectivity index is 1.87. The lowest BCUT2D eigenvalue weighted by Gasteiger charge is -2.27. The van der Waals surface area contributed by atoms with Crippen molar-refractivity contribution in [3.05, 3.63) is 70.4 Å². The lowest BCUT2D eigenvalue weighted by Crippen LogP contribution is -2.36. The summed E-state index contributed by atoms with van der Waals surface area (Å²) in [4.78, 5) is 28.4. The molecule has 5 nitrogen and oxygen atoms in total. The fourth-order valence-electron chi connectivity index (χ4n) is 2.85. The molecule has 0 aromatic heterocycles. The van der Waals surface area contributed by atoms with Gasteiger partial charge in [-0.25, -0.2) is 9.79 Å². The van der Waals surface area contributed by atoms with E-state index in [2.05, 4.69) is 10.3 Å². The van der Waals surface area contributed by atoms with Gasteiger partial charge < -0.3 is 10.1 Å². The number of nitrogens with zero attached hydrogens (tertiary/aromatic N) is 1. The van der Waals surface area contributed by atoms with Crippen LogP contribution in [-0.2, 0) is 20.7 Å². The monoisotopic (exact) mass is 356 g/mol. The number of hydrogen-bond acceptors (Lipinski definition) is 4. The number of nitrogens with one attached hydrogen (secondary N) is 1. The molecule has 1 aliphatic carbocycles. The molecule has 6 heteroatoms. The molecule has 1 heterocycles. The van der Waals surface area contributed by atoms with Crippen molar-refractivity contribution >= 4 is 29.2 Å². The smallest absolute Gasteiger partial charge is 0.345 e. The Morgan fingerprint density at radius 3 is 2.80 bits per heavy atom. The number of carbonyl (C=O) groups excluding carboxylic acids is 2. The molecule has 2 aliphatic rings. The van der Waals surface area contributed by atoms with Gasteiger partial charge in [0.05, 0.1) is 23.8 Å². The second-order valence-electron chi connectivity index (χ2n) is 5.62. The van der Waals surface area contributed by atoms with Gasteiger partial charge in [0, 0.05) is 12.2 Å². The molecule has 0 spiro atoms. The largest absolute Gasteiger partial charge is 0.465 e. The third-order valence-electron chi connectivity index (χ3n) is 4.06. The zero-order valence-corrected chi connectivity index (χ0v) is 14.4. The maximum absolute atomic E-state index is 12.3. The minimum atomic E-state index is -0.700. The third kappa shape index (κ3) is 3.56. The van der Waals surface area contributed by atoms with E-state index in [0.29, 0.717) is 23.0 Å². The summed E-state index contributed by atoms with van der Waals surface area (Å²) in [5.74, 6) is -1.70. The van der Waals surface area contributed by atoms with Crippen molar-refractivity contribution < 1.29 is 14.3 Å². The summed E-state index contributed by atoms with van der Waals surface area (Å²) in [5, 5.41) is 3.62. The molecule has 3 rings (SSSR count). The molecule has 1 aliphatic heterocycles. The number of halogens is 1. The van der Waals surface area contributed by atoms with Gasteiger partial charge in [-0.3, -0.25) is 4.79 Å². The first-order chi connectivity index (χ1) is 12.1. The van der Waals surface area contributed by atoms with Crippen LogP contribution >= 0.6 is 11.6 Å². The van der Waals surface area contributed by atoms with E-state index in [1.54, 1.807) is 12.2 Å². The van der Waals surface area contributed by atoms with Gasteiger partial charge in [0.25, 0.3) is 5.91 Å². The first kappa shape index (κ1) is 17.2. The first-order valence-electron chi connectivity index (χ1n) is 7.89. The van der Waals surface area contributed by atoms with Crippen LogP contribution < -0.4 is 5.32 Å². The standard InChI is InChI=1S/C19H17ClN2O3/c1-25-19(24)15-17(21-11-10-12-6-3-2-4-7-12)13-8-5-9-14(20)16(13)22-18(15)23/h2-9,13,21H,10-11H2,1H3. The number of fused-ring (bicyclic) bond motifs is 1. The fourth-order valence-corrected chi connectivity index (χ4v) is 3.08. The number of rotatable bonds is 5. The molecule has 0 radical (unpaired) electrons. The highest BCUT2D eigenvalue weighted by molar-refractivity contribution is 6.46. The lowest BCUT2D eigenvalue weighted by molar-refractivity contribution is -0.137. The van der Waals surface area contributed by atoms with Crippen LogP contribution in [-0.4, -0.2) is 31.2 Å². The Bertz CT molecular complexity index is 822. The summed E-state index contributed by atoms with van der Waals surface area (Å²) in [5.41, 5.74) is 2.02. The highest BCUT2D eigenvalue weighted by atomic mass is 35.5. The Morgan fingerprint density at radius 2 is 2.08 bits per heavy atom. The second kappa shape index (κ2) is 7.49. The molecule has 1 atom stereocenters. The van der Waals surface area contributed by atoms with E-state index in [0.717, 1.165) is 12.0 Å². The van der Waals surface area contributed by atoms with E-state index in [9.17, 15) is 9.59 Å². The number of amides is 1. The van der Waals surface area contributed by atoms with E-state index >= 15 is 0 Å². The molecule has 25 heavy (non-hydrogen) atoms. The van der Waals surface area contributed by atoms with Crippen LogP contribution in [0.1, 0.15) is 5.56 Å². The number of hydrogen-bond donors (Lipinski definition) is 1.